The summed E-state index contributed by atoms with van der Waals surface area (Å²) in [5, 5.41) is 0.337. The van der Waals surface area contributed by atoms with Crippen molar-refractivity contribution in [3.8, 4) is 11.5 Å². The summed E-state index contributed by atoms with van der Waals surface area (Å²) in [4.78, 5) is 18.7. The average molecular weight is 413 g/mol. The number of methoxy groups -OCH3 is 2. The van der Waals surface area contributed by atoms with E-state index in [4.69, 9.17) is 9.47 Å². The van der Waals surface area contributed by atoms with E-state index in [1.165, 1.54) is 11.8 Å². The van der Waals surface area contributed by atoms with Crippen molar-refractivity contribution < 1.29 is 22.7 Å². The Hall–Kier alpha value is -1.74. The number of amides is 1. The fourth-order valence-electron chi connectivity index (χ4n) is 3.09. The molecule has 0 radical (unpaired) electrons. The van der Waals surface area contributed by atoms with E-state index < -0.39 is 15.3 Å². The van der Waals surface area contributed by atoms with E-state index in [1.807, 2.05) is 4.90 Å². The summed E-state index contributed by atoms with van der Waals surface area (Å²) in [5.74, 6) is 1.03. The van der Waals surface area contributed by atoms with E-state index in [-0.39, 0.29) is 28.7 Å². The molecule has 2 heterocycles. The molecule has 27 heavy (non-hydrogen) atoms. The minimum atomic E-state index is -3.14. The number of carbonyl (C=O) groups excluding carboxylic acids is 1. The molecule has 148 valence electrons. The second kappa shape index (κ2) is 7.01. The first kappa shape index (κ1) is 20.0. The normalized spacial score (nSPS) is 25.5. The predicted molar refractivity (Wildman–Crippen MR) is 108 cm³/mol. The number of carbonyl (C=O) groups is 1. The summed E-state index contributed by atoms with van der Waals surface area (Å²) in [7, 11) is -0.0256. The van der Waals surface area contributed by atoms with Crippen LogP contribution < -0.4 is 14.4 Å². The Kier molecular flexibility index (Phi) is 5.20. The van der Waals surface area contributed by atoms with Gasteiger partial charge >= 0.3 is 0 Å². The lowest BCUT2D eigenvalue weighted by atomic mass is 9.96. The highest BCUT2D eigenvalue weighted by Gasteiger charge is 2.50. The van der Waals surface area contributed by atoms with Crippen molar-refractivity contribution in [1.29, 1.82) is 0 Å². The fraction of sp³-hybridized carbons (Fsp3) is 0.556. The Balaban J connectivity index is 2.12. The number of fused-ring (bicyclic) bond motifs is 1. The third kappa shape index (κ3) is 3.94. The van der Waals surface area contributed by atoms with Crippen LogP contribution in [0.15, 0.2) is 23.2 Å². The molecule has 1 aromatic rings. The first-order valence-corrected chi connectivity index (χ1v) is 11.3. The maximum absolute atomic E-state index is 12.5. The molecule has 0 saturated carbocycles. The number of aliphatic imine (C=N–C) groups is 1. The number of benzene rings is 1. The molecule has 2 saturated heterocycles. The Morgan fingerprint density at radius 2 is 1.93 bits per heavy atom. The van der Waals surface area contributed by atoms with Crippen LogP contribution in [0.2, 0.25) is 0 Å². The largest absolute Gasteiger partial charge is 0.497 e. The van der Waals surface area contributed by atoms with E-state index in [2.05, 4.69) is 4.99 Å². The molecule has 0 spiro atoms. The summed E-state index contributed by atoms with van der Waals surface area (Å²) in [6.07, 6.45) is 0. The molecule has 7 nitrogen and oxygen atoms in total. The molecule has 1 aromatic carbocycles. The van der Waals surface area contributed by atoms with Crippen LogP contribution in [-0.2, 0) is 14.6 Å². The number of thioether (sulfide) groups is 1. The zero-order valence-electron chi connectivity index (χ0n) is 16.1. The minimum absolute atomic E-state index is 0.0216. The number of hydrogen-bond acceptors (Lipinski definition) is 6. The van der Waals surface area contributed by atoms with Crippen molar-refractivity contribution in [3.05, 3.63) is 18.2 Å². The third-order valence-corrected chi connectivity index (χ3v) is 7.76. The van der Waals surface area contributed by atoms with Crippen molar-refractivity contribution in [2.24, 2.45) is 10.4 Å². The number of sulfone groups is 1. The summed E-state index contributed by atoms with van der Waals surface area (Å²) in [6.45, 7) is 5.42. The topological polar surface area (TPSA) is 85.3 Å². The molecular formula is C18H24N2O5S2. The van der Waals surface area contributed by atoms with Crippen molar-refractivity contribution in [2.75, 3.05) is 30.6 Å². The second-order valence-corrected chi connectivity index (χ2v) is 11.0. The number of nitrogens with zero attached hydrogens (tertiary/aromatic N) is 2. The van der Waals surface area contributed by atoms with Crippen LogP contribution in [0.1, 0.15) is 20.8 Å². The number of hydrogen-bond donors (Lipinski definition) is 0. The lowest BCUT2D eigenvalue weighted by molar-refractivity contribution is -0.124. The van der Waals surface area contributed by atoms with Crippen molar-refractivity contribution in [3.63, 3.8) is 0 Å². The van der Waals surface area contributed by atoms with Gasteiger partial charge in [0.05, 0.1) is 37.5 Å². The molecule has 0 bridgehead atoms. The zero-order chi connectivity index (χ0) is 20.0. The predicted octanol–water partition coefficient (Wildman–Crippen LogP) is 2.35. The van der Waals surface area contributed by atoms with E-state index >= 15 is 0 Å². The van der Waals surface area contributed by atoms with Gasteiger partial charge in [-0.15, -0.1) is 0 Å². The van der Waals surface area contributed by atoms with Gasteiger partial charge in [-0.2, -0.15) is 4.99 Å². The molecule has 0 aromatic heterocycles. The van der Waals surface area contributed by atoms with Gasteiger partial charge < -0.3 is 14.4 Å². The monoisotopic (exact) mass is 412 g/mol. The van der Waals surface area contributed by atoms with Gasteiger partial charge in [-0.1, -0.05) is 32.5 Å². The lowest BCUT2D eigenvalue weighted by Crippen LogP contribution is -2.38. The van der Waals surface area contributed by atoms with Gasteiger partial charge in [-0.3, -0.25) is 4.79 Å². The summed E-state index contributed by atoms with van der Waals surface area (Å²) < 4.78 is 35.2. The van der Waals surface area contributed by atoms with Gasteiger partial charge in [0.1, 0.15) is 11.5 Å². The Bertz CT molecular complexity index is 890. The van der Waals surface area contributed by atoms with E-state index in [9.17, 15) is 13.2 Å². The highest BCUT2D eigenvalue weighted by atomic mass is 32.2. The van der Waals surface area contributed by atoms with Crippen LogP contribution in [0, 0.1) is 5.41 Å². The first-order valence-electron chi connectivity index (χ1n) is 8.57. The fourth-order valence-corrected chi connectivity index (χ4v) is 6.99. The lowest BCUT2D eigenvalue weighted by Gasteiger charge is -2.27. The third-order valence-electron chi connectivity index (χ3n) is 4.55. The second-order valence-electron chi connectivity index (χ2n) is 7.66. The van der Waals surface area contributed by atoms with Crippen LogP contribution in [0.4, 0.5) is 5.69 Å². The zero-order valence-corrected chi connectivity index (χ0v) is 17.7. The highest BCUT2D eigenvalue weighted by Crippen LogP contribution is 2.45. The number of ether oxygens (including phenoxy) is 2. The van der Waals surface area contributed by atoms with E-state index in [0.29, 0.717) is 22.4 Å². The molecule has 2 fully saturated rings. The van der Waals surface area contributed by atoms with Gasteiger partial charge in [-0.25, -0.2) is 8.42 Å². The van der Waals surface area contributed by atoms with Crippen LogP contribution in [0.25, 0.3) is 0 Å². The SMILES string of the molecule is COc1ccc(OC)c(N2C(=NC(=O)C(C)(C)C)S[C@H]3CS(=O)(=O)C[C@@H]32)c1. The van der Waals surface area contributed by atoms with Crippen LogP contribution in [-0.4, -0.2) is 56.5 Å². The van der Waals surface area contributed by atoms with Gasteiger partial charge in [0.2, 0.25) is 0 Å². The summed E-state index contributed by atoms with van der Waals surface area (Å²) in [6, 6.07) is 5.02. The maximum atomic E-state index is 12.5. The minimum Gasteiger partial charge on any atom is -0.497 e. The molecule has 0 aliphatic carbocycles. The van der Waals surface area contributed by atoms with Gasteiger partial charge in [0, 0.05) is 16.7 Å². The Labute approximate surface area is 164 Å². The van der Waals surface area contributed by atoms with Crippen LogP contribution in [0.3, 0.4) is 0 Å². The van der Waals surface area contributed by atoms with E-state index in [0.717, 1.165) is 0 Å². The molecule has 2 aliphatic heterocycles. The number of anilines is 1. The molecule has 2 aliphatic rings. The summed E-state index contributed by atoms with van der Waals surface area (Å²) >= 11 is 1.34. The molecule has 0 N–H and O–H groups in total. The molecule has 2 atom stereocenters. The van der Waals surface area contributed by atoms with Crippen LogP contribution in [0.5, 0.6) is 11.5 Å². The molecule has 0 unspecified atom stereocenters. The van der Waals surface area contributed by atoms with Gasteiger partial charge in [0.15, 0.2) is 15.0 Å². The number of amidine groups is 1. The summed E-state index contributed by atoms with van der Waals surface area (Å²) in [5.41, 5.74) is 0.0241. The quantitative estimate of drug-likeness (QED) is 0.753. The van der Waals surface area contributed by atoms with Crippen molar-refractivity contribution in [2.45, 2.75) is 32.1 Å². The highest BCUT2D eigenvalue weighted by molar-refractivity contribution is 8.16. The van der Waals surface area contributed by atoms with Crippen molar-refractivity contribution >= 4 is 38.4 Å². The van der Waals surface area contributed by atoms with Crippen LogP contribution >= 0.6 is 11.8 Å². The molecular weight excluding hydrogens is 388 g/mol. The standard InChI is InChI=1S/C18H24N2O5S2/c1-18(2,3)16(21)19-17-20(13-9-27(22,23)10-15(13)26-17)12-8-11(24-4)6-7-14(12)25-5/h6-8,13,15H,9-10H2,1-5H3/t13-,15-/m0/s1. The average Bonchev–Trinajstić information content (AvgIpc) is 3.04. The van der Waals surface area contributed by atoms with Gasteiger partial charge in [0.25, 0.3) is 5.91 Å². The molecule has 3 rings (SSSR count). The number of rotatable bonds is 3. The molecule has 9 heteroatoms. The molecule has 1 amide bonds. The Morgan fingerprint density at radius 1 is 1.22 bits per heavy atom. The Morgan fingerprint density at radius 3 is 2.52 bits per heavy atom. The van der Waals surface area contributed by atoms with Crippen molar-refractivity contribution in [1.82, 2.24) is 0 Å². The van der Waals surface area contributed by atoms with E-state index in [1.54, 1.807) is 53.2 Å². The first-order chi connectivity index (χ1) is 12.6. The smallest absolute Gasteiger partial charge is 0.253 e. The maximum Gasteiger partial charge on any atom is 0.253 e. The van der Waals surface area contributed by atoms with Gasteiger partial charge in [-0.05, 0) is 12.1 Å².